The maximum absolute atomic E-state index is 12.4. The Morgan fingerprint density at radius 3 is 2.58 bits per heavy atom. The van der Waals surface area contributed by atoms with Crippen LogP contribution in [0.5, 0.6) is 0 Å². The Morgan fingerprint density at radius 2 is 2.00 bits per heavy atom. The van der Waals surface area contributed by atoms with Gasteiger partial charge >= 0.3 is 12.1 Å². The van der Waals surface area contributed by atoms with Crippen LogP contribution in [0.3, 0.4) is 0 Å². The van der Waals surface area contributed by atoms with Crippen LogP contribution in [-0.4, -0.2) is 23.8 Å². The molecule has 128 valence electrons. The Morgan fingerprint density at radius 1 is 1.29 bits per heavy atom. The van der Waals surface area contributed by atoms with Crippen molar-refractivity contribution in [1.29, 1.82) is 0 Å². The lowest BCUT2D eigenvalue weighted by Gasteiger charge is -2.30. The molecule has 1 aromatic carbocycles. The largest absolute Gasteiger partial charge is 0.511 e. The molecule has 2 rings (SSSR count). The fourth-order valence-electron chi connectivity index (χ4n) is 2.69. The number of esters is 1. The topological polar surface area (TPSA) is 84.9 Å². The molecule has 0 saturated carbocycles. The maximum Gasteiger partial charge on any atom is 0.511 e. The molecule has 1 atom stereocenters. The highest BCUT2D eigenvalue weighted by atomic mass is 35.5. The van der Waals surface area contributed by atoms with Crippen LogP contribution in [0, 0.1) is 0 Å². The zero-order valence-corrected chi connectivity index (χ0v) is 14.3. The number of hydrogen-bond donors (Lipinski definition) is 2. The van der Waals surface area contributed by atoms with Crippen LogP contribution in [0.1, 0.15) is 32.3 Å². The van der Waals surface area contributed by atoms with Crippen LogP contribution in [0.4, 0.5) is 4.79 Å². The van der Waals surface area contributed by atoms with E-state index >= 15 is 0 Å². The van der Waals surface area contributed by atoms with Gasteiger partial charge in [0.05, 0.1) is 23.8 Å². The highest BCUT2D eigenvalue weighted by molar-refractivity contribution is 6.30. The van der Waals surface area contributed by atoms with Crippen molar-refractivity contribution >= 4 is 23.7 Å². The lowest BCUT2D eigenvalue weighted by molar-refractivity contribution is -0.139. The molecule has 0 aliphatic carbocycles. The summed E-state index contributed by atoms with van der Waals surface area (Å²) in [7, 11) is 0. The summed E-state index contributed by atoms with van der Waals surface area (Å²) in [4.78, 5) is 23.5. The van der Waals surface area contributed by atoms with Crippen LogP contribution in [0.2, 0.25) is 5.02 Å². The number of carbonyl (C=O) groups excluding carboxylic acids is 1. The van der Waals surface area contributed by atoms with Gasteiger partial charge in [-0.2, -0.15) is 0 Å². The molecule has 2 N–H and O–H groups in total. The van der Waals surface area contributed by atoms with Gasteiger partial charge in [0.2, 0.25) is 0 Å². The van der Waals surface area contributed by atoms with E-state index in [0.717, 1.165) is 0 Å². The maximum atomic E-state index is 12.4. The Kier molecular flexibility index (Phi) is 5.51. The second kappa shape index (κ2) is 7.40. The van der Waals surface area contributed by atoms with Crippen LogP contribution in [-0.2, 0) is 14.3 Å². The first-order chi connectivity index (χ1) is 11.3. The van der Waals surface area contributed by atoms with Crippen molar-refractivity contribution in [2.45, 2.75) is 26.7 Å². The number of carbonyl (C=O) groups is 2. The summed E-state index contributed by atoms with van der Waals surface area (Å²) >= 11 is 6.06. The smallest absolute Gasteiger partial charge is 0.463 e. The zero-order chi connectivity index (χ0) is 17.9. The summed E-state index contributed by atoms with van der Waals surface area (Å²) in [5.41, 5.74) is 2.02. The molecule has 0 fully saturated rings. The average molecular weight is 352 g/mol. The number of benzene rings is 1. The molecule has 1 aliphatic rings. The third kappa shape index (κ3) is 3.71. The predicted molar refractivity (Wildman–Crippen MR) is 88.5 cm³/mol. The summed E-state index contributed by atoms with van der Waals surface area (Å²) in [5, 5.41) is 12.5. The summed E-state index contributed by atoms with van der Waals surface area (Å²) in [6, 6.07) is 6.85. The number of rotatable bonds is 4. The van der Waals surface area contributed by atoms with E-state index < -0.39 is 18.0 Å². The SMILES string of the molecule is CCOC(=O)C1=C(C)NC(C)=C(OC(=O)O)C1c1cccc(Cl)c1. The summed E-state index contributed by atoms with van der Waals surface area (Å²) in [5.74, 6) is -1.13. The molecule has 7 heteroatoms. The van der Waals surface area contributed by atoms with Gasteiger partial charge in [0, 0.05) is 10.7 Å². The number of carboxylic acid groups (broad SMARTS) is 1. The third-order valence-electron chi connectivity index (χ3n) is 3.57. The van der Waals surface area contributed by atoms with E-state index in [2.05, 4.69) is 5.32 Å². The highest BCUT2D eigenvalue weighted by Crippen LogP contribution is 2.39. The molecule has 0 saturated heterocycles. The Hall–Kier alpha value is -2.47. The van der Waals surface area contributed by atoms with Gasteiger partial charge in [-0.05, 0) is 38.5 Å². The van der Waals surface area contributed by atoms with Crippen molar-refractivity contribution in [2.75, 3.05) is 6.61 Å². The number of dihydropyridines is 1. The van der Waals surface area contributed by atoms with Gasteiger partial charge in [-0.3, -0.25) is 0 Å². The number of nitrogens with one attached hydrogen (secondary N) is 1. The van der Waals surface area contributed by atoms with E-state index in [0.29, 0.717) is 27.6 Å². The molecule has 1 heterocycles. The Labute approximate surface area is 144 Å². The van der Waals surface area contributed by atoms with Gasteiger partial charge in [-0.1, -0.05) is 23.7 Å². The quantitative estimate of drug-likeness (QED) is 0.803. The summed E-state index contributed by atoms with van der Waals surface area (Å²) in [6.07, 6.45) is -1.46. The first kappa shape index (κ1) is 17.9. The second-order valence-electron chi connectivity index (χ2n) is 5.23. The van der Waals surface area contributed by atoms with Crippen LogP contribution < -0.4 is 5.32 Å². The van der Waals surface area contributed by atoms with E-state index in [-0.39, 0.29) is 12.4 Å². The first-order valence-corrected chi connectivity index (χ1v) is 7.74. The standard InChI is InChI=1S/C17H18ClNO5/c1-4-23-16(20)13-9(2)19-10(3)15(24-17(21)22)14(13)11-6-5-7-12(18)8-11/h5-8,14,19H,4H2,1-3H3,(H,21,22). The van der Waals surface area contributed by atoms with Crippen molar-refractivity contribution in [3.05, 3.63) is 57.6 Å². The summed E-state index contributed by atoms with van der Waals surface area (Å²) in [6.45, 7) is 5.32. The summed E-state index contributed by atoms with van der Waals surface area (Å²) < 4.78 is 10.1. The lowest BCUT2D eigenvalue weighted by atomic mass is 9.85. The first-order valence-electron chi connectivity index (χ1n) is 7.37. The monoisotopic (exact) mass is 351 g/mol. The second-order valence-corrected chi connectivity index (χ2v) is 5.67. The molecule has 0 bridgehead atoms. The van der Waals surface area contributed by atoms with Crippen molar-refractivity contribution in [2.24, 2.45) is 0 Å². The normalized spacial score (nSPS) is 17.4. The van der Waals surface area contributed by atoms with Gasteiger partial charge in [0.1, 0.15) is 5.76 Å². The van der Waals surface area contributed by atoms with Gasteiger partial charge in [-0.25, -0.2) is 9.59 Å². The molecular weight excluding hydrogens is 334 g/mol. The fourth-order valence-corrected chi connectivity index (χ4v) is 2.89. The number of allylic oxidation sites excluding steroid dienone is 3. The predicted octanol–water partition coefficient (Wildman–Crippen LogP) is 3.79. The number of hydrogen-bond acceptors (Lipinski definition) is 5. The molecule has 0 radical (unpaired) electrons. The van der Waals surface area contributed by atoms with E-state index in [1.165, 1.54) is 0 Å². The lowest BCUT2D eigenvalue weighted by Crippen LogP contribution is -2.30. The Balaban J connectivity index is 2.61. The van der Waals surface area contributed by atoms with E-state index in [9.17, 15) is 9.59 Å². The van der Waals surface area contributed by atoms with Crippen LogP contribution >= 0.6 is 11.6 Å². The minimum Gasteiger partial charge on any atom is -0.463 e. The van der Waals surface area contributed by atoms with Crippen molar-refractivity contribution in [1.82, 2.24) is 5.32 Å². The number of halogens is 1. The van der Waals surface area contributed by atoms with Gasteiger partial charge < -0.3 is 19.9 Å². The molecular formula is C17H18ClNO5. The molecule has 0 amide bonds. The van der Waals surface area contributed by atoms with Crippen LogP contribution in [0.25, 0.3) is 0 Å². The third-order valence-corrected chi connectivity index (χ3v) is 3.81. The molecule has 0 spiro atoms. The zero-order valence-electron chi connectivity index (χ0n) is 13.6. The molecule has 1 unspecified atom stereocenters. The van der Waals surface area contributed by atoms with Gasteiger partial charge in [-0.15, -0.1) is 0 Å². The Bertz CT molecular complexity index is 738. The molecule has 6 nitrogen and oxygen atoms in total. The van der Waals surface area contributed by atoms with Crippen LogP contribution in [0.15, 0.2) is 47.0 Å². The van der Waals surface area contributed by atoms with E-state index in [1.807, 2.05) is 0 Å². The van der Waals surface area contributed by atoms with Gasteiger partial charge in [0.15, 0.2) is 0 Å². The molecule has 24 heavy (non-hydrogen) atoms. The minimum absolute atomic E-state index is 0.124. The van der Waals surface area contributed by atoms with Gasteiger partial charge in [0.25, 0.3) is 0 Å². The fraction of sp³-hybridized carbons (Fsp3) is 0.294. The molecule has 1 aromatic rings. The van der Waals surface area contributed by atoms with E-state index in [1.54, 1.807) is 45.0 Å². The van der Waals surface area contributed by atoms with E-state index in [4.69, 9.17) is 26.2 Å². The average Bonchev–Trinajstić information content (AvgIpc) is 2.49. The minimum atomic E-state index is -1.46. The number of ether oxygens (including phenoxy) is 2. The highest BCUT2D eigenvalue weighted by Gasteiger charge is 2.36. The molecule has 0 aromatic heterocycles. The van der Waals surface area contributed by atoms with Crippen molar-refractivity contribution in [3.63, 3.8) is 0 Å². The molecule has 1 aliphatic heterocycles. The van der Waals surface area contributed by atoms with Crippen molar-refractivity contribution < 1.29 is 24.2 Å². The van der Waals surface area contributed by atoms with Crippen molar-refractivity contribution in [3.8, 4) is 0 Å².